The van der Waals surface area contributed by atoms with Gasteiger partial charge in [0.25, 0.3) is 0 Å². The lowest BCUT2D eigenvalue weighted by Gasteiger charge is -2.44. The van der Waals surface area contributed by atoms with Gasteiger partial charge in [0.2, 0.25) is 5.91 Å². The Kier molecular flexibility index (Phi) is 7.39. The number of piperidine rings is 1. The predicted octanol–water partition coefficient (Wildman–Crippen LogP) is 6.04. The summed E-state index contributed by atoms with van der Waals surface area (Å²) in [6, 6.07) is 6.17. The van der Waals surface area contributed by atoms with Crippen LogP contribution in [-0.4, -0.2) is 87.2 Å². The summed E-state index contributed by atoms with van der Waals surface area (Å²) in [5, 5.41) is 11.8. The number of pyridine rings is 1. The fraction of sp³-hybridized carbons (Fsp3) is 0.487. The minimum atomic E-state index is -0.741. The first-order valence-corrected chi connectivity index (χ1v) is 17.9. The van der Waals surface area contributed by atoms with Crippen molar-refractivity contribution in [3.63, 3.8) is 0 Å². The van der Waals surface area contributed by atoms with Crippen LogP contribution in [0.5, 0.6) is 11.8 Å². The van der Waals surface area contributed by atoms with E-state index in [2.05, 4.69) is 32.7 Å². The number of aromatic hydroxyl groups is 1. The zero-order valence-electron chi connectivity index (χ0n) is 28.2. The summed E-state index contributed by atoms with van der Waals surface area (Å²) >= 11 is 0. The molecule has 258 valence electrons. The molecule has 11 heteroatoms. The van der Waals surface area contributed by atoms with Gasteiger partial charge in [-0.2, -0.15) is 9.97 Å². The Morgan fingerprint density at radius 1 is 1.08 bits per heavy atom. The molecule has 50 heavy (non-hydrogen) atoms. The molecular weight excluding hydrogens is 638 g/mol. The van der Waals surface area contributed by atoms with Crippen LogP contribution in [0.3, 0.4) is 0 Å². The summed E-state index contributed by atoms with van der Waals surface area (Å²) in [7, 11) is 2.18. The zero-order chi connectivity index (χ0) is 34.3. The van der Waals surface area contributed by atoms with Crippen molar-refractivity contribution >= 4 is 33.4 Å². The number of piperazine rings is 1. The van der Waals surface area contributed by atoms with E-state index in [9.17, 15) is 14.3 Å². The quantitative estimate of drug-likeness (QED) is 0.247. The van der Waals surface area contributed by atoms with Crippen molar-refractivity contribution in [2.45, 2.75) is 75.9 Å². The summed E-state index contributed by atoms with van der Waals surface area (Å²) < 4.78 is 38.5. The molecule has 1 amide bonds. The van der Waals surface area contributed by atoms with E-state index >= 15 is 4.39 Å². The molecule has 9 nitrogen and oxygen atoms in total. The van der Waals surface area contributed by atoms with Crippen molar-refractivity contribution in [2.75, 3.05) is 38.2 Å². The van der Waals surface area contributed by atoms with Crippen LogP contribution in [0.4, 0.5) is 14.6 Å². The Morgan fingerprint density at radius 3 is 2.62 bits per heavy atom. The predicted molar refractivity (Wildman–Crippen MR) is 186 cm³/mol. The molecule has 9 rings (SSSR count). The van der Waals surface area contributed by atoms with E-state index in [1.54, 1.807) is 6.20 Å². The Hall–Kier alpha value is -4.56. The highest BCUT2D eigenvalue weighted by Crippen LogP contribution is 2.48. The zero-order valence-corrected chi connectivity index (χ0v) is 28.2. The normalized spacial score (nSPS) is 26.4. The summed E-state index contributed by atoms with van der Waals surface area (Å²) in [5.41, 5.74) is 0.0210. The molecule has 2 bridgehead atoms. The molecule has 0 radical (unpaired) electrons. The van der Waals surface area contributed by atoms with Crippen molar-refractivity contribution in [2.24, 2.45) is 11.3 Å². The molecule has 5 heterocycles. The third-order valence-electron chi connectivity index (χ3n) is 12.1. The van der Waals surface area contributed by atoms with Gasteiger partial charge in [-0.05, 0) is 88.5 Å². The number of carbonyl (C=O) groups is 1. The van der Waals surface area contributed by atoms with E-state index in [0.717, 1.165) is 64.3 Å². The molecule has 4 unspecified atom stereocenters. The number of hydrogen-bond donors (Lipinski definition) is 1. The second kappa shape index (κ2) is 11.8. The van der Waals surface area contributed by atoms with Crippen molar-refractivity contribution in [1.29, 1.82) is 0 Å². The van der Waals surface area contributed by atoms with Gasteiger partial charge < -0.3 is 24.5 Å². The lowest BCUT2D eigenvalue weighted by atomic mass is 9.76. The fourth-order valence-electron chi connectivity index (χ4n) is 9.63. The first-order chi connectivity index (χ1) is 24.2. The largest absolute Gasteiger partial charge is 0.508 e. The number of amides is 1. The molecule has 0 spiro atoms. The van der Waals surface area contributed by atoms with Gasteiger partial charge in [0.1, 0.15) is 28.6 Å². The van der Waals surface area contributed by atoms with Gasteiger partial charge in [-0.1, -0.05) is 18.4 Å². The number of benzene rings is 2. The lowest BCUT2D eigenvalue weighted by Crippen LogP contribution is -2.56. The lowest BCUT2D eigenvalue weighted by molar-refractivity contribution is -0.135. The first-order valence-electron chi connectivity index (χ1n) is 17.9. The number of phenols is 1. The SMILES string of the molecule is C#Cc1c(F)ccc2cc(O)cc(-c3ncc4c(N5CC6CCC(C5)N6C(=O)C5CC5)nc(OCC56CCCC5N(C)CCC6)nc4c3F)c12. The third-order valence-corrected chi connectivity index (χ3v) is 12.1. The highest BCUT2D eigenvalue weighted by Gasteiger charge is 2.49. The van der Waals surface area contributed by atoms with E-state index < -0.39 is 11.6 Å². The second-order valence-electron chi connectivity index (χ2n) is 15.1. The van der Waals surface area contributed by atoms with E-state index in [0.29, 0.717) is 42.3 Å². The number of terminal acetylenes is 1. The molecule has 1 N–H and O–H groups in total. The highest BCUT2D eigenvalue weighted by atomic mass is 19.1. The number of phenolic OH excluding ortho intramolecular Hbond substituents is 1. The van der Waals surface area contributed by atoms with Gasteiger partial charge in [-0.3, -0.25) is 9.78 Å². The molecule has 5 aliphatic rings. The van der Waals surface area contributed by atoms with Crippen LogP contribution >= 0.6 is 0 Å². The molecule has 3 aliphatic heterocycles. The van der Waals surface area contributed by atoms with Gasteiger partial charge in [0, 0.05) is 59.7 Å². The highest BCUT2D eigenvalue weighted by molar-refractivity contribution is 6.03. The number of anilines is 1. The average Bonchev–Trinajstić information content (AvgIpc) is 3.82. The summed E-state index contributed by atoms with van der Waals surface area (Å²) in [6.07, 6.45) is 16.5. The summed E-state index contributed by atoms with van der Waals surface area (Å²) in [4.78, 5) is 34.1. The van der Waals surface area contributed by atoms with E-state index in [4.69, 9.17) is 21.1 Å². The molecule has 3 saturated heterocycles. The van der Waals surface area contributed by atoms with Gasteiger partial charge >= 0.3 is 6.01 Å². The minimum absolute atomic E-state index is 0.0164. The number of nitrogens with zero attached hydrogens (tertiary/aromatic N) is 6. The molecular formula is C39H40F2N6O3. The monoisotopic (exact) mass is 678 g/mol. The number of aromatic nitrogens is 3. The standard InChI is InChI=1S/C39H40F2N6O3/c1-3-27-30(40)12-9-23-16-26(48)17-28(32(23)27)34-33(41)35-29(18-42-34)36(46-19-24-10-11-25(20-46)47(24)37(49)22-7-8-22)44-38(43-35)50-21-39-13-4-6-31(39)45(2)15-5-14-39/h1,9,12,16-18,22,24-25,31,48H,4-8,10-11,13-15,19-21H2,2H3. The van der Waals surface area contributed by atoms with Gasteiger partial charge in [-0.25, -0.2) is 8.78 Å². The number of halogens is 2. The molecule has 2 aliphatic carbocycles. The molecule has 2 aromatic heterocycles. The van der Waals surface area contributed by atoms with Crippen LogP contribution in [-0.2, 0) is 4.79 Å². The van der Waals surface area contributed by atoms with Crippen molar-refractivity contribution in [3.05, 3.63) is 47.7 Å². The third kappa shape index (κ3) is 4.97. The number of rotatable bonds is 6. The average molecular weight is 679 g/mol. The number of carbonyl (C=O) groups excluding carboxylic acids is 1. The molecule has 2 aromatic carbocycles. The van der Waals surface area contributed by atoms with Crippen LogP contribution in [0, 0.1) is 35.3 Å². The topological polar surface area (TPSA) is 94.9 Å². The second-order valence-corrected chi connectivity index (χ2v) is 15.1. The van der Waals surface area contributed by atoms with Crippen molar-refractivity contribution in [1.82, 2.24) is 24.8 Å². The number of likely N-dealkylation sites (tertiary alicyclic amines) is 1. The van der Waals surface area contributed by atoms with Crippen LogP contribution < -0.4 is 9.64 Å². The van der Waals surface area contributed by atoms with Crippen LogP contribution in [0.15, 0.2) is 30.5 Å². The smallest absolute Gasteiger partial charge is 0.319 e. The number of hydrogen-bond acceptors (Lipinski definition) is 8. The molecule has 4 atom stereocenters. The van der Waals surface area contributed by atoms with E-state index in [1.807, 2.05) is 0 Å². The van der Waals surface area contributed by atoms with E-state index in [-0.39, 0.29) is 68.8 Å². The summed E-state index contributed by atoms with van der Waals surface area (Å²) in [5.74, 6) is 1.83. The van der Waals surface area contributed by atoms with Crippen molar-refractivity contribution in [3.8, 4) is 35.4 Å². The Morgan fingerprint density at radius 2 is 1.86 bits per heavy atom. The number of fused-ring (bicyclic) bond motifs is 5. The maximum absolute atomic E-state index is 17.1. The fourth-order valence-corrected chi connectivity index (χ4v) is 9.63. The molecule has 4 aromatic rings. The maximum Gasteiger partial charge on any atom is 0.319 e. The first kappa shape index (κ1) is 31.4. The molecule has 2 saturated carbocycles. The molecule has 5 fully saturated rings. The minimum Gasteiger partial charge on any atom is -0.508 e. The van der Waals surface area contributed by atoms with Crippen LogP contribution in [0.2, 0.25) is 0 Å². The van der Waals surface area contributed by atoms with Crippen LogP contribution in [0.1, 0.15) is 63.4 Å². The van der Waals surface area contributed by atoms with Gasteiger partial charge in [-0.15, -0.1) is 6.42 Å². The van der Waals surface area contributed by atoms with Crippen LogP contribution in [0.25, 0.3) is 32.9 Å². The Bertz CT molecular complexity index is 2080. The maximum atomic E-state index is 17.1. The van der Waals surface area contributed by atoms with Gasteiger partial charge in [0.15, 0.2) is 5.82 Å². The van der Waals surface area contributed by atoms with Gasteiger partial charge in [0.05, 0.1) is 17.6 Å². The van der Waals surface area contributed by atoms with Crippen molar-refractivity contribution < 1.29 is 23.4 Å². The van der Waals surface area contributed by atoms with E-state index in [1.165, 1.54) is 24.3 Å². The Labute approximate surface area is 289 Å². The number of ether oxygens (including phenoxy) is 1. The Balaban J connectivity index is 1.16. The summed E-state index contributed by atoms with van der Waals surface area (Å²) in [6.45, 7) is 2.64.